The highest BCUT2D eigenvalue weighted by molar-refractivity contribution is 7.88. The number of carbonyl (C=O) groups excluding carboxylic acids is 1. The zero-order chi connectivity index (χ0) is 23.8. The first-order chi connectivity index (χ1) is 15.8. The van der Waals surface area contributed by atoms with Gasteiger partial charge in [-0.3, -0.25) is 4.79 Å². The molecule has 0 bridgehead atoms. The summed E-state index contributed by atoms with van der Waals surface area (Å²) in [7, 11) is -3.66. The van der Waals surface area contributed by atoms with Gasteiger partial charge < -0.3 is 10.1 Å². The number of amides is 1. The minimum Gasteiger partial charge on any atom is -0.492 e. The quantitative estimate of drug-likeness (QED) is 0.468. The van der Waals surface area contributed by atoms with E-state index in [1.807, 2.05) is 24.3 Å². The number of benzene rings is 2. The Bertz CT molecular complexity index is 1020. The molecule has 6 nitrogen and oxygen atoms in total. The number of nitrogens with zero attached hydrogens (tertiary/aromatic N) is 1. The number of nitrogens with one attached hydrogen (secondary N) is 1. The molecule has 0 unspecified atom stereocenters. The molecule has 0 aliphatic carbocycles. The van der Waals surface area contributed by atoms with Gasteiger partial charge in [-0.25, -0.2) is 12.7 Å². The van der Waals surface area contributed by atoms with Crippen molar-refractivity contribution in [2.75, 3.05) is 26.2 Å². The smallest absolute Gasteiger partial charge is 0.224 e. The predicted molar refractivity (Wildman–Crippen MR) is 132 cm³/mol. The first-order valence-electron chi connectivity index (χ1n) is 11.2. The summed E-state index contributed by atoms with van der Waals surface area (Å²) in [6, 6.07) is 12.9. The van der Waals surface area contributed by atoms with Crippen molar-refractivity contribution in [3.05, 3.63) is 63.6 Å². The summed E-state index contributed by atoms with van der Waals surface area (Å²) >= 11 is 12.3. The van der Waals surface area contributed by atoms with Crippen LogP contribution in [0.4, 0.5) is 0 Å². The zero-order valence-electron chi connectivity index (χ0n) is 18.7. The average Bonchev–Trinajstić information content (AvgIpc) is 2.80. The summed E-state index contributed by atoms with van der Waals surface area (Å²) in [6.07, 6.45) is 3.40. The Balaban J connectivity index is 1.48. The summed E-state index contributed by atoms with van der Waals surface area (Å²) in [6.45, 7) is 3.37. The van der Waals surface area contributed by atoms with E-state index in [1.54, 1.807) is 18.2 Å². The largest absolute Gasteiger partial charge is 0.492 e. The van der Waals surface area contributed by atoms with Crippen LogP contribution in [0.25, 0.3) is 0 Å². The van der Waals surface area contributed by atoms with Gasteiger partial charge >= 0.3 is 0 Å². The summed E-state index contributed by atoms with van der Waals surface area (Å²) in [5.41, 5.74) is 1.65. The number of hydrogen-bond donors (Lipinski definition) is 1. The molecule has 0 saturated carbocycles. The Morgan fingerprint density at radius 2 is 1.85 bits per heavy atom. The van der Waals surface area contributed by atoms with Crippen molar-refractivity contribution in [2.24, 2.45) is 5.92 Å². The molecule has 0 aromatic heterocycles. The third-order valence-electron chi connectivity index (χ3n) is 5.67. The highest BCUT2D eigenvalue weighted by atomic mass is 35.5. The minimum atomic E-state index is -3.66. The van der Waals surface area contributed by atoms with E-state index < -0.39 is 15.9 Å². The van der Waals surface area contributed by atoms with E-state index in [0.29, 0.717) is 48.1 Å². The Kier molecular flexibility index (Phi) is 9.44. The highest BCUT2D eigenvalue weighted by Crippen LogP contribution is 2.29. The van der Waals surface area contributed by atoms with Crippen LogP contribution in [0.2, 0.25) is 10.0 Å². The Labute approximate surface area is 206 Å². The summed E-state index contributed by atoms with van der Waals surface area (Å²) in [5.74, 6) is -0.0847. The predicted octanol–water partition coefficient (Wildman–Crippen LogP) is 4.68. The molecule has 33 heavy (non-hydrogen) atoms. The zero-order valence-corrected chi connectivity index (χ0v) is 21.1. The molecule has 2 aromatic carbocycles. The van der Waals surface area contributed by atoms with Crippen molar-refractivity contribution in [1.82, 2.24) is 9.62 Å². The van der Waals surface area contributed by atoms with Crippen molar-refractivity contribution in [1.29, 1.82) is 0 Å². The van der Waals surface area contributed by atoms with Crippen LogP contribution >= 0.6 is 23.2 Å². The lowest BCUT2D eigenvalue weighted by Gasteiger charge is -2.31. The number of hydrogen-bond acceptors (Lipinski definition) is 4. The van der Waals surface area contributed by atoms with Crippen LogP contribution in [0.5, 0.6) is 5.75 Å². The SMILES string of the molecule is CCCc1ccc(OCCNC(=O)[C@@H]2CCCN(S(=O)(=O)Cc3c(Cl)cccc3Cl)C2)cc1. The molecule has 0 spiro atoms. The van der Waals surface area contributed by atoms with Gasteiger partial charge in [0, 0.05) is 28.7 Å². The Morgan fingerprint density at radius 1 is 1.15 bits per heavy atom. The Hall–Kier alpha value is -1.80. The van der Waals surface area contributed by atoms with Crippen LogP contribution in [0.3, 0.4) is 0 Å². The van der Waals surface area contributed by atoms with Gasteiger partial charge in [-0.15, -0.1) is 0 Å². The molecular weight excluding hydrogens is 483 g/mol. The number of rotatable bonds is 10. The number of piperidine rings is 1. The molecular formula is C24H30Cl2N2O4S. The second kappa shape index (κ2) is 12.1. The van der Waals surface area contributed by atoms with Gasteiger partial charge in [-0.2, -0.15) is 0 Å². The molecule has 9 heteroatoms. The van der Waals surface area contributed by atoms with Gasteiger partial charge in [-0.1, -0.05) is 54.7 Å². The van der Waals surface area contributed by atoms with Crippen LogP contribution in [0.1, 0.15) is 37.3 Å². The van der Waals surface area contributed by atoms with Crippen molar-refractivity contribution in [2.45, 2.75) is 38.4 Å². The van der Waals surface area contributed by atoms with Crippen LogP contribution < -0.4 is 10.1 Å². The first-order valence-corrected chi connectivity index (χ1v) is 13.6. The molecule has 3 rings (SSSR count). The van der Waals surface area contributed by atoms with E-state index in [2.05, 4.69) is 12.2 Å². The fourth-order valence-corrected chi connectivity index (χ4v) is 6.24. The van der Waals surface area contributed by atoms with Crippen molar-refractivity contribution in [3.8, 4) is 5.75 Å². The minimum absolute atomic E-state index is 0.149. The number of sulfonamides is 1. The maximum atomic E-state index is 13.0. The van der Waals surface area contributed by atoms with E-state index >= 15 is 0 Å². The maximum absolute atomic E-state index is 13.0. The molecule has 1 atom stereocenters. The van der Waals surface area contributed by atoms with Crippen LogP contribution in [0, 0.1) is 5.92 Å². The highest BCUT2D eigenvalue weighted by Gasteiger charge is 2.33. The molecule has 1 fully saturated rings. The topological polar surface area (TPSA) is 75.7 Å². The van der Waals surface area contributed by atoms with E-state index in [0.717, 1.165) is 18.6 Å². The number of ether oxygens (including phenoxy) is 1. The molecule has 1 aliphatic heterocycles. The van der Waals surface area contributed by atoms with Crippen LogP contribution in [0.15, 0.2) is 42.5 Å². The second-order valence-electron chi connectivity index (χ2n) is 8.19. The van der Waals surface area contributed by atoms with Crippen LogP contribution in [-0.4, -0.2) is 44.9 Å². The van der Waals surface area contributed by atoms with E-state index in [4.69, 9.17) is 27.9 Å². The van der Waals surface area contributed by atoms with Gasteiger partial charge in [0.1, 0.15) is 12.4 Å². The van der Waals surface area contributed by atoms with Gasteiger partial charge in [0.15, 0.2) is 0 Å². The van der Waals surface area contributed by atoms with Gasteiger partial charge in [0.05, 0.1) is 18.2 Å². The molecule has 1 amide bonds. The maximum Gasteiger partial charge on any atom is 0.224 e. The first kappa shape index (κ1) is 25.8. The lowest BCUT2D eigenvalue weighted by atomic mass is 9.99. The summed E-state index contributed by atoms with van der Waals surface area (Å²) < 4.78 is 33.0. The standard InChI is InChI=1S/C24H30Cl2N2O4S/c1-2-5-18-9-11-20(12-10-18)32-15-13-27-24(29)19-6-4-14-28(16-19)33(30,31)17-21-22(25)7-3-8-23(21)26/h3,7-12,19H,2,4-6,13-17H2,1H3,(H,27,29)/t19-/m1/s1. The second-order valence-corrected chi connectivity index (χ2v) is 11.0. The fraction of sp³-hybridized carbons (Fsp3) is 0.458. The van der Waals surface area contributed by atoms with Crippen molar-refractivity contribution >= 4 is 39.1 Å². The Morgan fingerprint density at radius 3 is 2.52 bits per heavy atom. The van der Waals surface area contributed by atoms with Gasteiger partial charge in [0.2, 0.25) is 15.9 Å². The molecule has 1 saturated heterocycles. The fourth-order valence-electron chi connectivity index (χ4n) is 3.88. The molecule has 1 heterocycles. The number of halogens is 2. The number of carbonyl (C=O) groups is 1. The lowest BCUT2D eigenvalue weighted by molar-refractivity contribution is -0.126. The summed E-state index contributed by atoms with van der Waals surface area (Å²) in [5, 5.41) is 3.50. The third kappa shape index (κ3) is 7.34. The summed E-state index contributed by atoms with van der Waals surface area (Å²) in [4.78, 5) is 12.6. The lowest BCUT2D eigenvalue weighted by Crippen LogP contribution is -2.46. The monoisotopic (exact) mass is 512 g/mol. The molecule has 1 N–H and O–H groups in total. The number of aryl methyl sites for hydroxylation is 1. The van der Waals surface area contributed by atoms with Gasteiger partial charge in [0.25, 0.3) is 0 Å². The molecule has 180 valence electrons. The van der Waals surface area contributed by atoms with Crippen LogP contribution in [-0.2, 0) is 27.0 Å². The van der Waals surface area contributed by atoms with E-state index in [1.165, 1.54) is 9.87 Å². The molecule has 1 aliphatic rings. The average molecular weight is 513 g/mol. The normalized spacial score (nSPS) is 17.0. The van der Waals surface area contributed by atoms with Crippen molar-refractivity contribution in [3.63, 3.8) is 0 Å². The molecule has 0 radical (unpaired) electrons. The molecule has 2 aromatic rings. The third-order valence-corrected chi connectivity index (χ3v) is 8.15. The van der Waals surface area contributed by atoms with Gasteiger partial charge in [-0.05, 0) is 49.1 Å². The van der Waals surface area contributed by atoms with Crippen molar-refractivity contribution < 1.29 is 17.9 Å². The van der Waals surface area contributed by atoms with E-state index in [-0.39, 0.29) is 18.2 Å². The van der Waals surface area contributed by atoms with E-state index in [9.17, 15) is 13.2 Å².